The van der Waals surface area contributed by atoms with E-state index in [4.69, 9.17) is 28.4 Å². The number of benzene rings is 10. The van der Waals surface area contributed by atoms with Crippen molar-refractivity contribution in [1.82, 2.24) is 34.4 Å². The molecule has 22 rings (SSSR count). The number of rotatable bonds is 20. The molecule has 8 fully saturated rings. The van der Waals surface area contributed by atoms with Crippen LogP contribution < -0.4 is 9.47 Å². The summed E-state index contributed by atoms with van der Waals surface area (Å²) in [7, 11) is -29.9. The molecule has 8 saturated heterocycles. The Morgan fingerprint density at radius 1 is 0.239 bits per heavy atom. The van der Waals surface area contributed by atoms with Gasteiger partial charge in [0.25, 0.3) is 20.0 Å². The first-order chi connectivity index (χ1) is 66.2. The van der Waals surface area contributed by atoms with Crippen molar-refractivity contribution in [1.29, 1.82) is 0 Å². The van der Waals surface area contributed by atoms with E-state index in [9.17, 15) is 67.3 Å². The lowest BCUT2D eigenvalue weighted by Gasteiger charge is -2.42. The van der Waals surface area contributed by atoms with Crippen molar-refractivity contribution in [2.24, 2.45) is 0 Å². The van der Waals surface area contributed by atoms with E-state index in [1.54, 1.807) is 94.3 Å². The SMILES string of the molecule is O=S(=O)(c1ccc(Oc2ccccc2)cc1)N1CCC2(CC1)OCCN2S(=O)(=O)c1ccc(Oc2ccccc2)cc1.O=S(=O)(c1ccc2ccccc2c1)N1CCC2(CC1)OCCN2S(=O)(=O)c1ccc2ccccc2c1.O=S(=O)(c1cccs1)N1CCC2(CC1)OCCN2S(=O)(=O)c1cccs1.O=S(=O)(c1csc2ccccc12)N1CCC2(CC1)OCCN2S(=O)(=O)c1csc2ccccc12. The van der Waals surface area contributed by atoms with Crippen molar-refractivity contribution in [2.45, 2.75) is 112 Å². The summed E-state index contributed by atoms with van der Waals surface area (Å²) in [6, 6.07) is 78.0. The maximum absolute atomic E-state index is 13.7. The van der Waals surface area contributed by atoms with Crippen molar-refractivity contribution >= 4 is 167 Å². The maximum Gasteiger partial charge on any atom is 0.255 e. The van der Waals surface area contributed by atoms with Crippen LogP contribution in [0.4, 0.5) is 0 Å². The predicted octanol–water partition coefficient (Wildman–Crippen LogP) is 16.0. The van der Waals surface area contributed by atoms with Crippen LogP contribution >= 0.6 is 45.3 Å². The molecule has 0 radical (unpaired) electrons. The van der Waals surface area contributed by atoms with Crippen LogP contribution in [0.3, 0.4) is 0 Å². The summed E-state index contributed by atoms with van der Waals surface area (Å²) in [6.07, 6.45) is 2.20. The normalized spacial score (nSPS) is 19.5. The lowest BCUT2D eigenvalue weighted by Crippen LogP contribution is -2.55. The van der Waals surface area contributed by atoms with E-state index < -0.39 is 103 Å². The van der Waals surface area contributed by atoms with Crippen molar-refractivity contribution in [3.8, 4) is 23.0 Å². The minimum absolute atomic E-state index is 0.125. The Morgan fingerprint density at radius 3 is 0.920 bits per heavy atom. The predicted molar refractivity (Wildman–Crippen MR) is 528 cm³/mol. The molecule has 42 heteroatoms. The summed E-state index contributed by atoms with van der Waals surface area (Å²) >= 11 is 5.18. The van der Waals surface area contributed by atoms with Crippen LogP contribution in [-0.2, 0) is 99.1 Å². The molecule has 138 heavy (non-hydrogen) atoms. The monoisotopic (exact) mass is 2100 g/mol. The molecule has 4 aromatic heterocycles. The van der Waals surface area contributed by atoms with E-state index in [1.165, 1.54) is 104 Å². The van der Waals surface area contributed by atoms with Crippen LogP contribution in [0.5, 0.6) is 23.0 Å². The Morgan fingerprint density at radius 2 is 0.529 bits per heavy atom. The molecule has 0 bridgehead atoms. The van der Waals surface area contributed by atoms with Gasteiger partial charge in [0, 0.05) is 161 Å². The number of hydrogen-bond acceptors (Lipinski definition) is 26. The smallest absolute Gasteiger partial charge is 0.255 e. The number of ether oxygens (including phenoxy) is 6. The van der Waals surface area contributed by atoms with E-state index in [0.717, 1.165) is 36.3 Å². The molecule has 10 aromatic carbocycles. The second kappa shape index (κ2) is 39.2. The van der Waals surface area contributed by atoms with Crippen LogP contribution in [-0.4, -0.2) is 230 Å². The highest BCUT2D eigenvalue weighted by atomic mass is 32.3. The Hall–Kier alpha value is -9.24. The van der Waals surface area contributed by atoms with Gasteiger partial charge in [0.2, 0.25) is 60.1 Å². The number of nitrogens with zero attached hydrogens (tertiary/aromatic N) is 8. The molecule has 0 atom stereocenters. The molecule has 4 spiro atoms. The molecule has 0 saturated carbocycles. The third kappa shape index (κ3) is 19.0. The van der Waals surface area contributed by atoms with Crippen molar-refractivity contribution in [3.63, 3.8) is 0 Å². The second-order valence-electron chi connectivity index (χ2n) is 34.0. The molecule has 0 unspecified atom stereocenters. The van der Waals surface area contributed by atoms with Gasteiger partial charge in [-0.1, -0.05) is 146 Å². The van der Waals surface area contributed by atoms with Gasteiger partial charge in [-0.3, -0.25) is 0 Å². The second-order valence-corrected chi connectivity index (χ2v) is 53.3. The van der Waals surface area contributed by atoms with Gasteiger partial charge in [-0.15, -0.1) is 45.3 Å². The molecule has 0 aliphatic carbocycles. The topological polar surface area (TPSA) is 354 Å². The molecule has 0 N–H and O–H groups in total. The Labute approximate surface area is 818 Å². The van der Waals surface area contributed by atoms with Gasteiger partial charge in [-0.25, -0.2) is 67.3 Å². The van der Waals surface area contributed by atoms with E-state index >= 15 is 0 Å². The van der Waals surface area contributed by atoms with E-state index in [0.29, 0.717) is 63.5 Å². The van der Waals surface area contributed by atoms with Gasteiger partial charge in [0.15, 0.2) is 0 Å². The third-order valence-corrected chi connectivity index (χ3v) is 46.7. The maximum atomic E-state index is 13.7. The van der Waals surface area contributed by atoms with Crippen molar-refractivity contribution in [3.05, 3.63) is 288 Å². The van der Waals surface area contributed by atoms with Gasteiger partial charge < -0.3 is 28.4 Å². The third-order valence-electron chi connectivity index (χ3n) is 26.2. The molecule has 30 nitrogen and oxygen atoms in total. The van der Waals surface area contributed by atoms with Gasteiger partial charge in [-0.2, -0.15) is 34.4 Å². The van der Waals surface area contributed by atoms with Crippen molar-refractivity contribution < 1.29 is 95.8 Å². The lowest BCUT2D eigenvalue weighted by molar-refractivity contribution is -0.0810. The molecular formula is C96H96N8O22S12. The first-order valence-electron chi connectivity index (χ1n) is 44.6. The quantitative estimate of drug-likeness (QED) is 0.0684. The standard InChI is InChI=1S/C31H30N2O7S2.C27H26N2O5S2.C23H22N2O5S4.C15H18N2O5S4/c34-41(35,29-15-11-27(12-16-29)39-25-7-3-1-4-8-25)32-21-19-31(20-22-32)33(23-24-38-31)42(36,37)30-17-13-28(14-18-30)40-26-9-5-2-6-10-26;30-35(31,25-11-9-21-5-1-3-7-23(21)19-25)28-15-13-27(14-16-28)29(17-18-34-27)36(32,33)26-12-10-22-6-2-4-8-24(22)20-26;26-33(27,21-15-31-19-7-3-1-5-17(19)21)24-11-9-23(10-12-24)25(13-14-30-23)34(28,29)22-16-32-20-8-4-2-6-18(20)22;18-25(19,13-3-1-11-23-13)16-7-5-15(6-8-16)17(9-10-22-15)26(20,21)14-4-2-12-24-14/h1-18H,19-24H2;1-12,19-20H,13-18H2;1-8,15-16H,9-14H2;1-4,11-12H,5-10H2. The first-order valence-corrected chi connectivity index (χ1v) is 59.6. The van der Waals surface area contributed by atoms with Crippen LogP contribution in [0.2, 0.25) is 0 Å². The minimum atomic E-state index is -3.90. The Bertz CT molecular complexity index is 7780. The zero-order valence-corrected chi connectivity index (χ0v) is 83.9. The van der Waals surface area contributed by atoms with Crippen LogP contribution in [0.15, 0.2) is 326 Å². The first kappa shape index (κ1) is 97.6. The summed E-state index contributed by atoms with van der Waals surface area (Å²) in [5, 5.41) is 11.9. The van der Waals surface area contributed by atoms with Crippen LogP contribution in [0.25, 0.3) is 41.7 Å². The summed E-state index contributed by atoms with van der Waals surface area (Å²) < 4.78 is 263. The fraction of sp³-hybridized carbons (Fsp3) is 0.292. The molecular weight excluding hydrogens is 2000 g/mol. The number of hydrogen-bond donors (Lipinski definition) is 0. The highest BCUT2D eigenvalue weighted by molar-refractivity contribution is 7.92. The number of thiophene rings is 4. The molecule has 0 amide bonds. The highest BCUT2D eigenvalue weighted by Gasteiger charge is 2.57. The number of sulfonamides is 8. The van der Waals surface area contributed by atoms with E-state index in [2.05, 4.69) is 0 Å². The molecule has 14 aromatic rings. The fourth-order valence-electron chi connectivity index (χ4n) is 19.1. The summed E-state index contributed by atoms with van der Waals surface area (Å²) in [6.45, 7) is 3.59. The zero-order chi connectivity index (χ0) is 96.1. The largest absolute Gasteiger partial charge is 0.457 e. The lowest BCUT2D eigenvalue weighted by atomic mass is 10.0. The Kier molecular flexibility index (Phi) is 27.7. The summed E-state index contributed by atoms with van der Waals surface area (Å²) in [5.74, 6) is 2.35. The van der Waals surface area contributed by atoms with Gasteiger partial charge in [-0.05, 0) is 154 Å². The Balaban J connectivity index is 0.000000119. The van der Waals surface area contributed by atoms with Gasteiger partial charge in [0.1, 0.15) is 64.1 Å². The average Bonchev–Trinajstić information content (AvgIpc) is 1.57. The summed E-state index contributed by atoms with van der Waals surface area (Å²) in [5.41, 5.74) is -4.12. The van der Waals surface area contributed by atoms with E-state index in [1.807, 2.05) is 170 Å². The molecule has 8 aliphatic rings. The number of fused-ring (bicyclic) bond motifs is 4. The zero-order valence-electron chi connectivity index (χ0n) is 74.1. The highest BCUT2D eigenvalue weighted by Crippen LogP contribution is 2.48. The van der Waals surface area contributed by atoms with Gasteiger partial charge >= 0.3 is 0 Å². The summed E-state index contributed by atoms with van der Waals surface area (Å²) in [4.78, 5) is 1.33. The van der Waals surface area contributed by atoms with E-state index in [-0.39, 0.29) is 159 Å². The average molecular weight is 2100 g/mol. The minimum Gasteiger partial charge on any atom is -0.457 e. The number of piperidine rings is 4. The molecule has 12 heterocycles. The molecule has 724 valence electrons. The van der Waals surface area contributed by atoms with Crippen molar-refractivity contribution in [2.75, 3.05) is 105 Å². The van der Waals surface area contributed by atoms with Crippen LogP contribution in [0.1, 0.15) is 51.4 Å². The van der Waals surface area contributed by atoms with Crippen LogP contribution in [0, 0.1) is 0 Å². The molecule has 8 aliphatic heterocycles. The van der Waals surface area contributed by atoms with Gasteiger partial charge in [0.05, 0.1) is 46.0 Å². The fourth-order valence-corrected chi connectivity index (χ4v) is 37.0. The number of para-hydroxylation sites is 2.